The van der Waals surface area contributed by atoms with Gasteiger partial charge in [0, 0.05) is 26.8 Å². The average molecular weight is 161 g/mol. The number of nitrogens with zero attached hydrogens (tertiary/aromatic N) is 1. The van der Waals surface area contributed by atoms with E-state index in [-0.39, 0.29) is 6.29 Å². The summed E-state index contributed by atoms with van der Waals surface area (Å²) in [4.78, 5) is 2.18. The molecule has 3 heteroatoms. The van der Waals surface area contributed by atoms with Gasteiger partial charge in [0.15, 0.2) is 6.29 Å². The molecule has 0 unspecified atom stereocenters. The maximum absolute atomic E-state index is 5.06. The molecule has 68 valence electrons. The number of likely N-dealkylation sites (N-methyl/N-ethyl adjacent to an activating group) is 1. The van der Waals surface area contributed by atoms with Crippen LogP contribution in [-0.2, 0) is 9.47 Å². The first-order valence-corrected chi connectivity index (χ1v) is 3.87. The van der Waals surface area contributed by atoms with E-state index in [0.29, 0.717) is 6.04 Å². The van der Waals surface area contributed by atoms with E-state index in [0.717, 1.165) is 6.54 Å². The SMILES string of the molecule is COC(CN(C)C(C)C)OC. The van der Waals surface area contributed by atoms with E-state index in [9.17, 15) is 0 Å². The summed E-state index contributed by atoms with van der Waals surface area (Å²) in [5.74, 6) is 0. The number of hydrogen-bond donors (Lipinski definition) is 0. The van der Waals surface area contributed by atoms with Crippen LogP contribution in [0.3, 0.4) is 0 Å². The van der Waals surface area contributed by atoms with Gasteiger partial charge in [-0.2, -0.15) is 0 Å². The molecule has 0 radical (unpaired) electrons. The van der Waals surface area contributed by atoms with Crippen molar-refractivity contribution in [2.75, 3.05) is 27.8 Å². The number of methoxy groups -OCH3 is 2. The normalized spacial score (nSPS) is 12.0. The van der Waals surface area contributed by atoms with Gasteiger partial charge < -0.3 is 9.47 Å². The Morgan fingerprint density at radius 3 is 1.91 bits per heavy atom. The van der Waals surface area contributed by atoms with Crippen molar-refractivity contribution in [3.05, 3.63) is 0 Å². The third-order valence-corrected chi connectivity index (χ3v) is 1.84. The van der Waals surface area contributed by atoms with Gasteiger partial charge in [-0.05, 0) is 20.9 Å². The van der Waals surface area contributed by atoms with E-state index in [1.807, 2.05) is 0 Å². The lowest BCUT2D eigenvalue weighted by Gasteiger charge is -2.24. The Hall–Kier alpha value is -0.120. The molecule has 0 aliphatic carbocycles. The van der Waals surface area contributed by atoms with E-state index < -0.39 is 0 Å². The topological polar surface area (TPSA) is 21.7 Å². The number of hydrogen-bond acceptors (Lipinski definition) is 3. The molecule has 3 nitrogen and oxygen atoms in total. The molecule has 0 saturated heterocycles. The summed E-state index contributed by atoms with van der Waals surface area (Å²) < 4.78 is 10.1. The van der Waals surface area contributed by atoms with E-state index in [1.54, 1.807) is 14.2 Å². The molecule has 0 amide bonds. The molecule has 0 fully saturated rings. The van der Waals surface area contributed by atoms with Gasteiger partial charge in [-0.1, -0.05) is 0 Å². The highest BCUT2D eigenvalue weighted by molar-refractivity contribution is 4.58. The Labute approximate surface area is 69.3 Å². The van der Waals surface area contributed by atoms with E-state index in [2.05, 4.69) is 25.8 Å². The smallest absolute Gasteiger partial charge is 0.169 e. The lowest BCUT2D eigenvalue weighted by Crippen LogP contribution is -2.35. The van der Waals surface area contributed by atoms with Crippen LogP contribution in [0.2, 0.25) is 0 Å². The third-order valence-electron chi connectivity index (χ3n) is 1.84. The Balaban J connectivity index is 3.62. The van der Waals surface area contributed by atoms with Crippen LogP contribution in [0.5, 0.6) is 0 Å². The molecular weight excluding hydrogens is 142 g/mol. The van der Waals surface area contributed by atoms with Crippen molar-refractivity contribution >= 4 is 0 Å². The first-order chi connectivity index (χ1) is 5.11. The van der Waals surface area contributed by atoms with Gasteiger partial charge in [0.25, 0.3) is 0 Å². The summed E-state index contributed by atoms with van der Waals surface area (Å²) in [6.07, 6.45) is -0.109. The van der Waals surface area contributed by atoms with Gasteiger partial charge in [-0.15, -0.1) is 0 Å². The highest BCUT2D eigenvalue weighted by Gasteiger charge is 2.10. The Morgan fingerprint density at radius 1 is 1.18 bits per heavy atom. The van der Waals surface area contributed by atoms with Crippen molar-refractivity contribution in [1.82, 2.24) is 4.90 Å². The molecule has 0 aromatic carbocycles. The minimum Gasteiger partial charge on any atom is -0.355 e. The summed E-state index contributed by atoms with van der Waals surface area (Å²) in [6.45, 7) is 5.09. The summed E-state index contributed by atoms with van der Waals surface area (Å²) in [6, 6.07) is 0.530. The van der Waals surface area contributed by atoms with Gasteiger partial charge >= 0.3 is 0 Å². The van der Waals surface area contributed by atoms with Crippen molar-refractivity contribution < 1.29 is 9.47 Å². The molecule has 0 heterocycles. The lowest BCUT2D eigenvalue weighted by molar-refractivity contribution is -0.116. The molecule has 0 aromatic heterocycles. The van der Waals surface area contributed by atoms with Crippen molar-refractivity contribution in [2.24, 2.45) is 0 Å². The van der Waals surface area contributed by atoms with Crippen LogP contribution in [0.1, 0.15) is 13.8 Å². The van der Waals surface area contributed by atoms with Crippen LogP contribution < -0.4 is 0 Å². The van der Waals surface area contributed by atoms with Gasteiger partial charge in [0.1, 0.15) is 0 Å². The minimum absolute atomic E-state index is 0.109. The number of ether oxygens (including phenoxy) is 2. The van der Waals surface area contributed by atoms with E-state index in [4.69, 9.17) is 9.47 Å². The Bertz CT molecular complexity index is 92.1. The Kier molecular flexibility index (Phi) is 5.46. The fraction of sp³-hybridized carbons (Fsp3) is 1.00. The van der Waals surface area contributed by atoms with E-state index in [1.165, 1.54) is 0 Å². The van der Waals surface area contributed by atoms with Crippen LogP contribution in [-0.4, -0.2) is 45.0 Å². The van der Waals surface area contributed by atoms with Crippen LogP contribution >= 0.6 is 0 Å². The van der Waals surface area contributed by atoms with Crippen molar-refractivity contribution in [1.29, 1.82) is 0 Å². The number of rotatable bonds is 5. The third kappa shape index (κ3) is 4.35. The summed E-state index contributed by atoms with van der Waals surface area (Å²) in [5.41, 5.74) is 0. The second kappa shape index (κ2) is 5.52. The van der Waals surface area contributed by atoms with Crippen LogP contribution in [0.25, 0.3) is 0 Å². The fourth-order valence-corrected chi connectivity index (χ4v) is 0.691. The van der Waals surface area contributed by atoms with Gasteiger partial charge in [-0.25, -0.2) is 0 Å². The van der Waals surface area contributed by atoms with Crippen LogP contribution in [0.4, 0.5) is 0 Å². The molecular formula is C8H19NO2. The zero-order chi connectivity index (χ0) is 8.85. The van der Waals surface area contributed by atoms with Crippen LogP contribution in [0, 0.1) is 0 Å². The van der Waals surface area contributed by atoms with Crippen molar-refractivity contribution in [3.8, 4) is 0 Å². The summed E-state index contributed by atoms with van der Waals surface area (Å²) in [7, 11) is 5.36. The second-order valence-electron chi connectivity index (χ2n) is 2.93. The molecule has 0 aliphatic rings. The fourth-order valence-electron chi connectivity index (χ4n) is 0.691. The quantitative estimate of drug-likeness (QED) is 0.560. The average Bonchev–Trinajstić information content (AvgIpc) is 1.99. The molecule has 0 bridgehead atoms. The largest absolute Gasteiger partial charge is 0.355 e. The predicted octanol–water partition coefficient (Wildman–Crippen LogP) is 0.945. The van der Waals surface area contributed by atoms with Gasteiger partial charge in [0.2, 0.25) is 0 Å². The first kappa shape index (κ1) is 10.9. The summed E-state index contributed by atoms with van der Waals surface area (Å²) in [5, 5.41) is 0. The summed E-state index contributed by atoms with van der Waals surface area (Å²) >= 11 is 0. The highest BCUT2D eigenvalue weighted by Crippen LogP contribution is 1.98. The van der Waals surface area contributed by atoms with Crippen LogP contribution in [0.15, 0.2) is 0 Å². The van der Waals surface area contributed by atoms with Gasteiger partial charge in [-0.3, -0.25) is 4.90 Å². The van der Waals surface area contributed by atoms with Crippen molar-refractivity contribution in [3.63, 3.8) is 0 Å². The zero-order valence-electron chi connectivity index (χ0n) is 8.13. The molecule has 0 rings (SSSR count). The molecule has 0 aromatic rings. The minimum atomic E-state index is -0.109. The molecule has 0 saturated carbocycles. The molecule has 0 N–H and O–H groups in total. The van der Waals surface area contributed by atoms with Gasteiger partial charge in [0.05, 0.1) is 0 Å². The van der Waals surface area contributed by atoms with E-state index >= 15 is 0 Å². The second-order valence-corrected chi connectivity index (χ2v) is 2.93. The van der Waals surface area contributed by atoms with Crippen molar-refractivity contribution in [2.45, 2.75) is 26.2 Å². The first-order valence-electron chi connectivity index (χ1n) is 3.87. The molecule has 0 spiro atoms. The maximum Gasteiger partial charge on any atom is 0.169 e. The molecule has 0 atom stereocenters. The highest BCUT2D eigenvalue weighted by atomic mass is 16.7. The predicted molar refractivity (Wildman–Crippen MR) is 45.6 cm³/mol. The molecule has 0 aliphatic heterocycles. The Morgan fingerprint density at radius 2 is 1.64 bits per heavy atom. The standard InChI is InChI=1S/C8H19NO2/c1-7(2)9(3)6-8(10-4)11-5/h7-8H,6H2,1-5H3. The monoisotopic (exact) mass is 161 g/mol. The lowest BCUT2D eigenvalue weighted by atomic mass is 10.3. The maximum atomic E-state index is 5.06. The molecule has 11 heavy (non-hydrogen) atoms. The zero-order valence-corrected chi connectivity index (χ0v) is 8.13.